The third-order valence-corrected chi connectivity index (χ3v) is 4.22. The molecule has 0 unspecified atom stereocenters. The van der Waals surface area contributed by atoms with Gasteiger partial charge >= 0.3 is 0 Å². The van der Waals surface area contributed by atoms with Crippen LogP contribution in [0.25, 0.3) is 0 Å². The fraction of sp³-hybridized carbons (Fsp3) is 0.190. The van der Waals surface area contributed by atoms with Crippen LogP contribution < -0.4 is 10.2 Å². The van der Waals surface area contributed by atoms with Crippen LogP contribution in [-0.4, -0.2) is 29.5 Å². The van der Waals surface area contributed by atoms with Gasteiger partial charge in [-0.2, -0.15) is 0 Å². The Kier molecular flexibility index (Phi) is 5.59. The summed E-state index contributed by atoms with van der Waals surface area (Å²) in [4.78, 5) is 22.8. The van der Waals surface area contributed by atoms with Gasteiger partial charge in [0.25, 0.3) is 5.91 Å². The number of aromatic nitrogens is 2. The van der Waals surface area contributed by atoms with Crippen molar-refractivity contribution in [1.82, 2.24) is 9.97 Å². The average Bonchev–Trinajstić information content (AvgIpc) is 2.69. The maximum Gasteiger partial charge on any atom is 0.257 e. The first-order valence-corrected chi connectivity index (χ1v) is 8.55. The van der Waals surface area contributed by atoms with Crippen molar-refractivity contribution in [1.29, 1.82) is 0 Å². The summed E-state index contributed by atoms with van der Waals surface area (Å²) in [6.07, 6.45) is 7.86. The highest BCUT2D eigenvalue weighted by molar-refractivity contribution is 6.04. The molecule has 0 aliphatic carbocycles. The van der Waals surface area contributed by atoms with Gasteiger partial charge in [0.1, 0.15) is 0 Å². The standard InChI is InChI=1S/C21H22N4O/c1-16-3-5-19(6-4-16)24-21(26)18-13-20(15-23-14-18)25(2)12-9-17-7-10-22-11-8-17/h3-8,10-11,13-15H,9,12H2,1-2H3,(H,24,26). The maximum atomic E-state index is 12.5. The Labute approximate surface area is 153 Å². The van der Waals surface area contributed by atoms with Crippen molar-refractivity contribution in [2.45, 2.75) is 13.3 Å². The lowest BCUT2D eigenvalue weighted by atomic mass is 10.2. The van der Waals surface area contributed by atoms with E-state index in [1.165, 1.54) is 5.56 Å². The third kappa shape index (κ3) is 4.66. The average molecular weight is 346 g/mol. The quantitative estimate of drug-likeness (QED) is 0.739. The second-order valence-corrected chi connectivity index (χ2v) is 6.28. The fourth-order valence-electron chi connectivity index (χ4n) is 2.58. The number of carbonyl (C=O) groups is 1. The minimum atomic E-state index is -0.161. The summed E-state index contributed by atoms with van der Waals surface area (Å²) < 4.78 is 0. The van der Waals surface area contributed by atoms with Crippen LogP contribution in [0.5, 0.6) is 0 Å². The lowest BCUT2D eigenvalue weighted by molar-refractivity contribution is 0.102. The highest BCUT2D eigenvalue weighted by Crippen LogP contribution is 2.16. The summed E-state index contributed by atoms with van der Waals surface area (Å²) in [6.45, 7) is 2.84. The van der Waals surface area contributed by atoms with Crippen LogP contribution in [-0.2, 0) is 6.42 Å². The smallest absolute Gasteiger partial charge is 0.257 e. The Hall–Kier alpha value is -3.21. The largest absolute Gasteiger partial charge is 0.373 e. The summed E-state index contributed by atoms with van der Waals surface area (Å²) in [6, 6.07) is 13.6. The SMILES string of the molecule is Cc1ccc(NC(=O)c2cncc(N(C)CCc3ccncc3)c2)cc1. The number of rotatable bonds is 6. The molecule has 0 atom stereocenters. The first kappa shape index (κ1) is 17.6. The molecule has 26 heavy (non-hydrogen) atoms. The van der Waals surface area contributed by atoms with Gasteiger partial charge in [-0.3, -0.25) is 14.8 Å². The van der Waals surface area contributed by atoms with Crippen molar-refractivity contribution >= 4 is 17.3 Å². The molecular weight excluding hydrogens is 324 g/mol. The molecule has 0 fully saturated rings. The Balaban J connectivity index is 1.65. The van der Waals surface area contributed by atoms with Crippen LogP contribution in [0.3, 0.4) is 0 Å². The number of anilines is 2. The van der Waals surface area contributed by atoms with Gasteiger partial charge in [-0.15, -0.1) is 0 Å². The van der Waals surface area contributed by atoms with E-state index in [0.717, 1.165) is 29.9 Å². The number of aryl methyl sites for hydroxylation is 1. The van der Waals surface area contributed by atoms with Crippen molar-refractivity contribution in [3.05, 3.63) is 83.9 Å². The van der Waals surface area contributed by atoms with Crippen molar-refractivity contribution in [2.24, 2.45) is 0 Å². The van der Waals surface area contributed by atoms with Crippen LogP contribution in [0.4, 0.5) is 11.4 Å². The Morgan fingerprint density at radius 1 is 1.04 bits per heavy atom. The van der Waals surface area contributed by atoms with Crippen molar-refractivity contribution in [3.63, 3.8) is 0 Å². The summed E-state index contributed by atoms with van der Waals surface area (Å²) in [5.41, 5.74) is 4.61. The Bertz CT molecular complexity index is 863. The number of nitrogens with one attached hydrogen (secondary N) is 1. The number of hydrogen-bond donors (Lipinski definition) is 1. The molecule has 0 saturated heterocycles. The number of carbonyl (C=O) groups excluding carboxylic acids is 1. The van der Waals surface area contributed by atoms with E-state index < -0.39 is 0 Å². The van der Waals surface area contributed by atoms with Crippen LogP contribution in [0.2, 0.25) is 0 Å². The molecule has 2 aromatic heterocycles. The van der Waals surface area contributed by atoms with Crippen molar-refractivity contribution < 1.29 is 4.79 Å². The van der Waals surface area contributed by atoms with Crippen LogP contribution in [0.15, 0.2) is 67.3 Å². The molecule has 0 saturated carbocycles. The number of likely N-dealkylation sites (N-methyl/N-ethyl adjacent to an activating group) is 1. The van der Waals surface area contributed by atoms with E-state index in [4.69, 9.17) is 0 Å². The van der Waals surface area contributed by atoms with Crippen LogP contribution in [0, 0.1) is 6.92 Å². The van der Waals surface area contributed by atoms with E-state index in [1.807, 2.05) is 56.4 Å². The lowest BCUT2D eigenvalue weighted by Crippen LogP contribution is -2.21. The normalized spacial score (nSPS) is 10.4. The van der Waals surface area contributed by atoms with Crippen LogP contribution >= 0.6 is 0 Å². The van der Waals surface area contributed by atoms with Crippen molar-refractivity contribution in [2.75, 3.05) is 23.8 Å². The molecule has 0 aliphatic rings. The van der Waals surface area contributed by atoms with Gasteiger partial charge in [-0.05, 0) is 49.2 Å². The number of amides is 1. The predicted octanol–water partition coefficient (Wildman–Crippen LogP) is 3.72. The first-order valence-electron chi connectivity index (χ1n) is 8.55. The first-order chi connectivity index (χ1) is 12.6. The lowest BCUT2D eigenvalue weighted by Gasteiger charge is -2.19. The van der Waals surface area contributed by atoms with Gasteiger partial charge in [0.2, 0.25) is 0 Å². The van der Waals surface area contributed by atoms with Gasteiger partial charge in [0.15, 0.2) is 0 Å². The summed E-state index contributed by atoms with van der Waals surface area (Å²) in [5, 5.41) is 2.91. The van der Waals surface area contributed by atoms with E-state index in [0.29, 0.717) is 5.56 Å². The van der Waals surface area contributed by atoms with E-state index in [9.17, 15) is 4.79 Å². The van der Waals surface area contributed by atoms with E-state index in [-0.39, 0.29) is 5.91 Å². The van der Waals surface area contributed by atoms with E-state index in [1.54, 1.807) is 24.8 Å². The number of hydrogen-bond acceptors (Lipinski definition) is 4. The molecule has 5 heteroatoms. The minimum Gasteiger partial charge on any atom is -0.373 e. The second-order valence-electron chi connectivity index (χ2n) is 6.28. The van der Waals surface area contributed by atoms with Crippen LogP contribution in [0.1, 0.15) is 21.5 Å². The summed E-state index contributed by atoms with van der Waals surface area (Å²) in [5.74, 6) is -0.161. The Morgan fingerprint density at radius 3 is 2.50 bits per heavy atom. The number of pyridine rings is 2. The molecule has 1 aromatic carbocycles. The monoisotopic (exact) mass is 346 g/mol. The number of nitrogens with zero attached hydrogens (tertiary/aromatic N) is 3. The van der Waals surface area contributed by atoms with Gasteiger partial charge < -0.3 is 10.2 Å². The molecule has 0 bridgehead atoms. The van der Waals surface area contributed by atoms with Gasteiger partial charge in [0, 0.05) is 37.9 Å². The summed E-state index contributed by atoms with van der Waals surface area (Å²) >= 11 is 0. The zero-order valence-electron chi connectivity index (χ0n) is 15.0. The fourth-order valence-corrected chi connectivity index (χ4v) is 2.58. The molecule has 0 radical (unpaired) electrons. The third-order valence-electron chi connectivity index (χ3n) is 4.22. The molecular formula is C21H22N4O. The van der Waals surface area contributed by atoms with E-state index in [2.05, 4.69) is 20.2 Å². The summed E-state index contributed by atoms with van der Waals surface area (Å²) in [7, 11) is 2.00. The molecule has 3 aromatic rings. The second kappa shape index (κ2) is 8.25. The molecule has 132 valence electrons. The minimum absolute atomic E-state index is 0.161. The zero-order valence-corrected chi connectivity index (χ0v) is 15.0. The van der Waals surface area contributed by atoms with Gasteiger partial charge in [-0.25, -0.2) is 0 Å². The number of benzene rings is 1. The van der Waals surface area contributed by atoms with Gasteiger partial charge in [0.05, 0.1) is 17.4 Å². The topological polar surface area (TPSA) is 58.1 Å². The highest BCUT2D eigenvalue weighted by Gasteiger charge is 2.10. The van der Waals surface area contributed by atoms with Gasteiger partial charge in [-0.1, -0.05) is 17.7 Å². The maximum absolute atomic E-state index is 12.5. The molecule has 2 heterocycles. The van der Waals surface area contributed by atoms with Crippen molar-refractivity contribution in [3.8, 4) is 0 Å². The molecule has 0 spiro atoms. The molecule has 1 amide bonds. The van der Waals surface area contributed by atoms with E-state index >= 15 is 0 Å². The molecule has 3 rings (SSSR count). The Morgan fingerprint density at radius 2 is 1.77 bits per heavy atom. The highest BCUT2D eigenvalue weighted by atomic mass is 16.1. The molecule has 1 N–H and O–H groups in total. The predicted molar refractivity (Wildman–Crippen MR) is 105 cm³/mol. The molecule has 5 nitrogen and oxygen atoms in total. The molecule has 0 aliphatic heterocycles. The zero-order chi connectivity index (χ0) is 18.4.